The maximum atomic E-state index is 13.8. The van der Waals surface area contributed by atoms with Crippen molar-refractivity contribution in [3.8, 4) is 5.75 Å². The van der Waals surface area contributed by atoms with E-state index in [0.29, 0.717) is 16.9 Å². The molecule has 3 aromatic rings. The van der Waals surface area contributed by atoms with Crippen LogP contribution in [0.25, 0.3) is 6.08 Å². The van der Waals surface area contributed by atoms with E-state index in [4.69, 9.17) is 4.74 Å². The Hall–Kier alpha value is -4.07. The average molecular weight is 438 g/mol. The van der Waals surface area contributed by atoms with Gasteiger partial charge >= 0.3 is 0 Å². The Kier molecular flexibility index (Phi) is 7.28. The van der Waals surface area contributed by atoms with Gasteiger partial charge in [0.25, 0.3) is 5.69 Å². The van der Waals surface area contributed by atoms with E-state index in [9.17, 15) is 23.7 Å². The molecule has 0 fully saturated rings. The summed E-state index contributed by atoms with van der Waals surface area (Å²) in [7, 11) is 1.50. The normalized spacial score (nSPS) is 10.8. The lowest BCUT2D eigenvalue weighted by molar-refractivity contribution is -0.385. The summed E-state index contributed by atoms with van der Waals surface area (Å²) in [4.78, 5) is 25.1. The molecule has 0 heterocycles. The van der Waals surface area contributed by atoms with Crippen molar-refractivity contribution in [2.24, 2.45) is 0 Å². The van der Waals surface area contributed by atoms with Crippen LogP contribution in [0.3, 0.4) is 0 Å². The topological polar surface area (TPSA) is 72.7 Å². The Labute approximate surface area is 183 Å². The van der Waals surface area contributed by atoms with Gasteiger partial charge in [-0.3, -0.25) is 14.9 Å². The first-order valence-electron chi connectivity index (χ1n) is 9.64. The Morgan fingerprint density at radius 1 is 1.00 bits per heavy atom. The number of nitrogens with zero attached hydrogens (tertiary/aromatic N) is 2. The van der Waals surface area contributed by atoms with Crippen molar-refractivity contribution in [3.05, 3.63) is 111 Å². The maximum absolute atomic E-state index is 13.8. The van der Waals surface area contributed by atoms with Crippen LogP contribution < -0.4 is 4.74 Å². The number of ether oxygens (including phenoxy) is 1. The number of para-hydroxylation sites is 1. The Morgan fingerprint density at radius 3 is 2.34 bits per heavy atom. The van der Waals surface area contributed by atoms with Crippen LogP contribution in [0, 0.1) is 21.7 Å². The molecular weight excluding hydrogens is 418 g/mol. The molecule has 0 radical (unpaired) electrons. The predicted molar refractivity (Wildman–Crippen MR) is 116 cm³/mol. The number of hydrogen-bond donors (Lipinski definition) is 0. The fraction of sp³-hybridized carbons (Fsp3) is 0.125. The van der Waals surface area contributed by atoms with Gasteiger partial charge in [0.05, 0.1) is 24.1 Å². The van der Waals surface area contributed by atoms with E-state index < -0.39 is 22.5 Å². The molecule has 3 aromatic carbocycles. The molecule has 0 aliphatic rings. The Balaban J connectivity index is 1.94. The fourth-order valence-electron chi connectivity index (χ4n) is 3.16. The first-order valence-corrected chi connectivity index (χ1v) is 9.64. The van der Waals surface area contributed by atoms with Gasteiger partial charge < -0.3 is 9.64 Å². The molecule has 0 unspecified atom stereocenters. The third kappa shape index (κ3) is 5.75. The van der Waals surface area contributed by atoms with Gasteiger partial charge in [-0.1, -0.05) is 30.3 Å². The lowest BCUT2D eigenvalue weighted by Gasteiger charge is -2.22. The first-order chi connectivity index (χ1) is 15.4. The number of nitro groups is 1. The molecule has 0 saturated heterocycles. The smallest absolute Gasteiger partial charge is 0.274 e. The highest BCUT2D eigenvalue weighted by Crippen LogP contribution is 2.25. The fourth-order valence-corrected chi connectivity index (χ4v) is 3.16. The van der Waals surface area contributed by atoms with Crippen molar-refractivity contribution in [1.29, 1.82) is 0 Å². The third-order valence-electron chi connectivity index (χ3n) is 4.75. The molecule has 0 bridgehead atoms. The highest BCUT2D eigenvalue weighted by Gasteiger charge is 2.21. The second kappa shape index (κ2) is 10.3. The van der Waals surface area contributed by atoms with Crippen LogP contribution in [0.1, 0.15) is 16.7 Å². The summed E-state index contributed by atoms with van der Waals surface area (Å²) in [6, 6.07) is 15.7. The molecule has 8 heteroatoms. The molecule has 0 spiro atoms. The van der Waals surface area contributed by atoms with Crippen LogP contribution in [0.2, 0.25) is 0 Å². The van der Waals surface area contributed by atoms with E-state index in [1.165, 1.54) is 48.4 Å². The van der Waals surface area contributed by atoms with Crippen molar-refractivity contribution in [2.45, 2.75) is 13.1 Å². The zero-order valence-electron chi connectivity index (χ0n) is 17.2. The number of rotatable bonds is 8. The number of halogens is 2. The van der Waals surface area contributed by atoms with E-state index in [1.54, 1.807) is 24.3 Å². The zero-order chi connectivity index (χ0) is 23.1. The SMILES string of the molecule is COc1ccccc1CN(Cc1cc(F)ccc1[N+](=O)[O-])C(=O)/C=C/c1ccc(F)cc1. The highest BCUT2D eigenvalue weighted by molar-refractivity contribution is 5.91. The Bertz CT molecular complexity index is 1150. The van der Waals surface area contributed by atoms with Crippen LogP contribution in [0.15, 0.2) is 72.8 Å². The molecular formula is C24H20F2N2O4. The minimum Gasteiger partial charge on any atom is -0.496 e. The quantitative estimate of drug-likeness (QED) is 0.278. The third-order valence-corrected chi connectivity index (χ3v) is 4.75. The van der Waals surface area contributed by atoms with Gasteiger partial charge in [-0.05, 0) is 42.0 Å². The van der Waals surface area contributed by atoms with E-state index in [-0.39, 0.29) is 24.3 Å². The first kappa shape index (κ1) is 22.6. The monoisotopic (exact) mass is 438 g/mol. The van der Waals surface area contributed by atoms with Gasteiger partial charge in [0.1, 0.15) is 17.4 Å². The average Bonchev–Trinajstić information content (AvgIpc) is 2.78. The summed E-state index contributed by atoms with van der Waals surface area (Å²) < 4.78 is 32.3. The van der Waals surface area contributed by atoms with Crippen molar-refractivity contribution >= 4 is 17.7 Å². The van der Waals surface area contributed by atoms with Crippen molar-refractivity contribution in [1.82, 2.24) is 4.90 Å². The van der Waals surface area contributed by atoms with E-state index in [2.05, 4.69) is 0 Å². The summed E-state index contributed by atoms with van der Waals surface area (Å²) in [6.45, 7) is -0.122. The predicted octanol–water partition coefficient (Wildman–Crippen LogP) is 5.12. The van der Waals surface area contributed by atoms with Gasteiger partial charge in [0.2, 0.25) is 5.91 Å². The Morgan fingerprint density at radius 2 is 1.66 bits per heavy atom. The maximum Gasteiger partial charge on any atom is 0.274 e. The molecule has 0 aliphatic carbocycles. The lowest BCUT2D eigenvalue weighted by atomic mass is 10.1. The molecule has 0 saturated carbocycles. The lowest BCUT2D eigenvalue weighted by Crippen LogP contribution is -2.29. The molecule has 1 amide bonds. The summed E-state index contributed by atoms with van der Waals surface area (Å²) in [5.74, 6) is -0.956. The van der Waals surface area contributed by atoms with E-state index >= 15 is 0 Å². The second-order valence-electron chi connectivity index (χ2n) is 6.92. The van der Waals surface area contributed by atoms with Gasteiger partial charge in [-0.25, -0.2) is 8.78 Å². The number of hydrogen-bond acceptors (Lipinski definition) is 4. The summed E-state index contributed by atoms with van der Waals surface area (Å²) in [5.41, 5.74) is 1.06. The number of benzene rings is 3. The van der Waals surface area contributed by atoms with Gasteiger partial charge in [-0.2, -0.15) is 0 Å². The standard InChI is InChI=1S/C24H20F2N2O4/c1-32-23-5-3-2-4-18(23)15-27(16-19-14-21(26)11-12-22(19)28(30)31)24(29)13-8-17-6-9-20(25)10-7-17/h2-14H,15-16H2,1H3/b13-8+. The van der Waals surface area contributed by atoms with Gasteiger partial charge in [-0.15, -0.1) is 0 Å². The minimum absolute atomic E-state index is 0.0634. The van der Waals surface area contributed by atoms with Gasteiger partial charge in [0, 0.05) is 24.3 Å². The van der Waals surface area contributed by atoms with Crippen molar-refractivity contribution in [2.75, 3.05) is 7.11 Å². The van der Waals surface area contributed by atoms with Crippen molar-refractivity contribution < 1.29 is 23.2 Å². The van der Waals surface area contributed by atoms with Crippen LogP contribution in [-0.4, -0.2) is 22.8 Å². The summed E-state index contributed by atoms with van der Waals surface area (Å²) >= 11 is 0. The number of amides is 1. The molecule has 164 valence electrons. The molecule has 32 heavy (non-hydrogen) atoms. The number of nitro benzene ring substituents is 1. The molecule has 6 nitrogen and oxygen atoms in total. The summed E-state index contributed by atoms with van der Waals surface area (Å²) in [6.07, 6.45) is 2.80. The number of carbonyl (C=O) groups excluding carboxylic acids is 1. The van der Waals surface area contributed by atoms with Crippen molar-refractivity contribution in [3.63, 3.8) is 0 Å². The largest absolute Gasteiger partial charge is 0.496 e. The van der Waals surface area contributed by atoms with E-state index in [1.807, 2.05) is 0 Å². The molecule has 0 aliphatic heterocycles. The number of carbonyl (C=O) groups is 1. The van der Waals surface area contributed by atoms with Crippen LogP contribution >= 0.6 is 0 Å². The van der Waals surface area contributed by atoms with Crippen LogP contribution in [0.5, 0.6) is 5.75 Å². The van der Waals surface area contributed by atoms with Crippen LogP contribution in [0.4, 0.5) is 14.5 Å². The van der Waals surface area contributed by atoms with Crippen LogP contribution in [-0.2, 0) is 17.9 Å². The molecule has 0 aromatic heterocycles. The summed E-state index contributed by atoms with van der Waals surface area (Å²) in [5, 5.41) is 11.4. The minimum atomic E-state index is -0.642. The number of methoxy groups -OCH3 is 1. The zero-order valence-corrected chi connectivity index (χ0v) is 17.2. The molecule has 0 atom stereocenters. The molecule has 3 rings (SSSR count). The van der Waals surface area contributed by atoms with E-state index in [0.717, 1.165) is 18.2 Å². The highest BCUT2D eigenvalue weighted by atomic mass is 19.1. The van der Waals surface area contributed by atoms with Gasteiger partial charge in [0.15, 0.2) is 0 Å². The molecule has 0 N–H and O–H groups in total. The second-order valence-corrected chi connectivity index (χ2v) is 6.92.